The Hall–Kier alpha value is -2.53. The number of hydrogen-bond donors (Lipinski definition) is 1. The first-order chi connectivity index (χ1) is 12.6. The molecule has 0 aliphatic carbocycles. The number of amides is 2. The van der Waals surface area contributed by atoms with E-state index in [-0.39, 0.29) is 30.1 Å². The standard InChI is InChI=1S/C21H23N3O2.ClH/c22-18-9-4-10-19-17(18)8-5-11-24(19)21(26)16-12-20(25)23(14-16)13-15-6-2-1-3-7-15;/h1-4,6-7,9-10,16H,5,8,11-14,22H2;1H. The summed E-state index contributed by atoms with van der Waals surface area (Å²) in [5.74, 6) is -0.184. The van der Waals surface area contributed by atoms with E-state index >= 15 is 0 Å². The van der Waals surface area contributed by atoms with Gasteiger partial charge in [0.15, 0.2) is 0 Å². The van der Waals surface area contributed by atoms with E-state index < -0.39 is 0 Å². The number of nitrogens with zero attached hydrogens (tertiary/aromatic N) is 2. The van der Waals surface area contributed by atoms with Crippen LogP contribution in [0.25, 0.3) is 0 Å². The fraction of sp³-hybridized carbons (Fsp3) is 0.333. The van der Waals surface area contributed by atoms with Crippen LogP contribution in [0.15, 0.2) is 48.5 Å². The summed E-state index contributed by atoms with van der Waals surface area (Å²) in [5.41, 5.74) is 9.88. The second-order valence-electron chi connectivity index (χ2n) is 7.10. The number of carbonyl (C=O) groups excluding carboxylic acids is 2. The van der Waals surface area contributed by atoms with Crippen LogP contribution in [0, 0.1) is 5.92 Å². The third kappa shape index (κ3) is 3.78. The molecule has 27 heavy (non-hydrogen) atoms. The van der Waals surface area contributed by atoms with E-state index in [4.69, 9.17) is 5.73 Å². The van der Waals surface area contributed by atoms with Gasteiger partial charge in [0.05, 0.1) is 5.92 Å². The Bertz CT molecular complexity index is 841. The van der Waals surface area contributed by atoms with Crippen molar-refractivity contribution in [1.29, 1.82) is 0 Å². The maximum Gasteiger partial charge on any atom is 0.232 e. The summed E-state index contributed by atoms with van der Waals surface area (Å²) in [5, 5.41) is 0. The highest BCUT2D eigenvalue weighted by Crippen LogP contribution is 2.33. The van der Waals surface area contributed by atoms with Crippen LogP contribution in [0.5, 0.6) is 0 Å². The van der Waals surface area contributed by atoms with Gasteiger partial charge in [-0.2, -0.15) is 0 Å². The van der Waals surface area contributed by atoms with E-state index in [1.807, 2.05) is 53.4 Å². The average Bonchev–Trinajstić information content (AvgIpc) is 3.02. The highest BCUT2D eigenvalue weighted by Gasteiger charge is 2.38. The Morgan fingerprint density at radius 2 is 1.89 bits per heavy atom. The second-order valence-corrected chi connectivity index (χ2v) is 7.10. The summed E-state index contributed by atoms with van der Waals surface area (Å²) in [6.07, 6.45) is 2.09. The van der Waals surface area contributed by atoms with Gasteiger partial charge in [-0.3, -0.25) is 9.59 Å². The highest BCUT2D eigenvalue weighted by molar-refractivity contribution is 6.00. The number of carbonyl (C=O) groups is 2. The van der Waals surface area contributed by atoms with Crippen molar-refractivity contribution in [3.63, 3.8) is 0 Å². The van der Waals surface area contributed by atoms with Crippen molar-refractivity contribution in [2.24, 2.45) is 5.92 Å². The molecule has 1 fully saturated rings. The van der Waals surface area contributed by atoms with Gasteiger partial charge in [-0.1, -0.05) is 36.4 Å². The lowest BCUT2D eigenvalue weighted by Gasteiger charge is -2.32. The van der Waals surface area contributed by atoms with Crippen molar-refractivity contribution in [3.8, 4) is 0 Å². The number of anilines is 2. The highest BCUT2D eigenvalue weighted by atomic mass is 35.5. The van der Waals surface area contributed by atoms with E-state index in [1.165, 1.54) is 0 Å². The minimum absolute atomic E-state index is 0. The van der Waals surface area contributed by atoms with Gasteiger partial charge in [-0.15, -0.1) is 12.4 Å². The summed E-state index contributed by atoms with van der Waals surface area (Å²) in [6, 6.07) is 15.6. The van der Waals surface area contributed by atoms with Gasteiger partial charge in [0.25, 0.3) is 0 Å². The molecule has 0 saturated carbocycles. The maximum atomic E-state index is 13.1. The molecule has 5 nitrogen and oxygen atoms in total. The fourth-order valence-corrected chi connectivity index (χ4v) is 4.00. The fourth-order valence-electron chi connectivity index (χ4n) is 4.00. The van der Waals surface area contributed by atoms with Crippen molar-refractivity contribution >= 4 is 35.6 Å². The molecule has 0 radical (unpaired) electrons. The van der Waals surface area contributed by atoms with E-state index in [0.717, 1.165) is 35.3 Å². The molecule has 4 rings (SSSR count). The van der Waals surface area contributed by atoms with E-state index in [2.05, 4.69) is 0 Å². The SMILES string of the molecule is Cl.Nc1cccc2c1CCCN2C(=O)C1CC(=O)N(Cc2ccccc2)C1. The zero-order chi connectivity index (χ0) is 18.1. The molecular weight excluding hydrogens is 362 g/mol. The molecule has 142 valence electrons. The molecule has 2 heterocycles. The van der Waals surface area contributed by atoms with Crippen LogP contribution in [0.1, 0.15) is 24.0 Å². The van der Waals surface area contributed by atoms with E-state index in [0.29, 0.717) is 26.1 Å². The van der Waals surface area contributed by atoms with Gasteiger partial charge in [-0.05, 0) is 36.1 Å². The van der Waals surface area contributed by atoms with Crippen LogP contribution in [-0.4, -0.2) is 29.8 Å². The average molecular weight is 386 g/mol. The number of likely N-dealkylation sites (tertiary alicyclic amines) is 1. The van der Waals surface area contributed by atoms with Gasteiger partial charge in [0.2, 0.25) is 11.8 Å². The Kier molecular flexibility index (Phi) is 5.71. The number of nitrogens with two attached hydrogens (primary N) is 1. The third-order valence-corrected chi connectivity index (χ3v) is 5.33. The monoisotopic (exact) mass is 385 g/mol. The Balaban J connectivity index is 0.00000210. The third-order valence-electron chi connectivity index (χ3n) is 5.33. The lowest BCUT2D eigenvalue weighted by atomic mass is 9.97. The van der Waals surface area contributed by atoms with Gasteiger partial charge in [0.1, 0.15) is 0 Å². The first kappa shape index (κ1) is 19.2. The maximum absolute atomic E-state index is 13.1. The molecule has 0 bridgehead atoms. The minimum atomic E-state index is -0.279. The molecule has 2 aromatic carbocycles. The Morgan fingerprint density at radius 1 is 1.11 bits per heavy atom. The first-order valence-electron chi connectivity index (χ1n) is 9.14. The molecule has 6 heteroatoms. The number of benzene rings is 2. The number of nitrogen functional groups attached to an aromatic ring is 1. The predicted octanol–water partition coefficient (Wildman–Crippen LogP) is 3.02. The molecular formula is C21H24ClN3O2. The van der Waals surface area contributed by atoms with Crippen molar-refractivity contribution in [1.82, 2.24) is 4.90 Å². The van der Waals surface area contributed by atoms with Crippen LogP contribution in [0.2, 0.25) is 0 Å². The van der Waals surface area contributed by atoms with Crippen molar-refractivity contribution < 1.29 is 9.59 Å². The molecule has 2 amide bonds. The summed E-state index contributed by atoms with van der Waals surface area (Å²) >= 11 is 0. The first-order valence-corrected chi connectivity index (χ1v) is 9.14. The van der Waals surface area contributed by atoms with Crippen LogP contribution in [0.3, 0.4) is 0 Å². The normalized spacial score (nSPS) is 18.8. The van der Waals surface area contributed by atoms with Crippen molar-refractivity contribution in [3.05, 3.63) is 59.7 Å². The molecule has 1 unspecified atom stereocenters. The lowest BCUT2D eigenvalue weighted by molar-refractivity contribution is -0.128. The molecule has 2 aromatic rings. The van der Waals surface area contributed by atoms with Crippen molar-refractivity contribution in [2.75, 3.05) is 23.7 Å². The van der Waals surface area contributed by atoms with E-state index in [9.17, 15) is 9.59 Å². The Morgan fingerprint density at radius 3 is 2.67 bits per heavy atom. The smallest absolute Gasteiger partial charge is 0.232 e. The van der Waals surface area contributed by atoms with Gasteiger partial charge >= 0.3 is 0 Å². The topological polar surface area (TPSA) is 66.6 Å². The van der Waals surface area contributed by atoms with Crippen LogP contribution in [-0.2, 0) is 22.6 Å². The molecule has 2 aliphatic heterocycles. The van der Waals surface area contributed by atoms with E-state index in [1.54, 1.807) is 4.90 Å². The number of hydrogen-bond acceptors (Lipinski definition) is 3. The summed E-state index contributed by atoms with van der Waals surface area (Å²) in [6.45, 7) is 1.74. The second kappa shape index (κ2) is 8.01. The minimum Gasteiger partial charge on any atom is -0.398 e. The molecule has 1 atom stereocenters. The van der Waals surface area contributed by atoms with Crippen LogP contribution in [0.4, 0.5) is 11.4 Å². The largest absolute Gasteiger partial charge is 0.398 e. The van der Waals surface area contributed by atoms with Crippen molar-refractivity contribution in [2.45, 2.75) is 25.8 Å². The molecule has 1 saturated heterocycles. The number of fused-ring (bicyclic) bond motifs is 1. The quantitative estimate of drug-likeness (QED) is 0.826. The molecule has 2 N–H and O–H groups in total. The number of halogens is 1. The lowest BCUT2D eigenvalue weighted by Crippen LogP contribution is -2.40. The summed E-state index contributed by atoms with van der Waals surface area (Å²) in [7, 11) is 0. The predicted molar refractivity (Wildman–Crippen MR) is 109 cm³/mol. The van der Waals surface area contributed by atoms with Gasteiger partial charge in [0, 0.05) is 37.4 Å². The van der Waals surface area contributed by atoms with Crippen LogP contribution < -0.4 is 10.6 Å². The zero-order valence-corrected chi connectivity index (χ0v) is 16.0. The van der Waals surface area contributed by atoms with Crippen LogP contribution >= 0.6 is 12.4 Å². The Labute approximate surface area is 165 Å². The molecule has 2 aliphatic rings. The number of rotatable bonds is 3. The zero-order valence-electron chi connectivity index (χ0n) is 15.1. The van der Waals surface area contributed by atoms with Gasteiger partial charge < -0.3 is 15.5 Å². The summed E-state index contributed by atoms with van der Waals surface area (Å²) in [4.78, 5) is 29.2. The molecule has 0 aromatic heterocycles. The summed E-state index contributed by atoms with van der Waals surface area (Å²) < 4.78 is 0. The van der Waals surface area contributed by atoms with Gasteiger partial charge in [-0.25, -0.2) is 0 Å². The molecule has 0 spiro atoms.